The summed E-state index contributed by atoms with van der Waals surface area (Å²) in [6.07, 6.45) is 2.89. The van der Waals surface area contributed by atoms with Crippen molar-refractivity contribution >= 4 is 22.6 Å². The monoisotopic (exact) mass is 541 g/mol. The quantitative estimate of drug-likeness (QED) is 0.284. The highest BCUT2D eigenvalue weighted by atomic mass is 16.5. The molecule has 5 rings (SSSR count). The summed E-state index contributed by atoms with van der Waals surface area (Å²) in [4.78, 5) is 31.9. The van der Waals surface area contributed by atoms with Crippen LogP contribution in [0.5, 0.6) is 0 Å². The van der Waals surface area contributed by atoms with Gasteiger partial charge in [0.1, 0.15) is 6.04 Å². The number of aromatic carboxylic acids is 1. The third-order valence-corrected chi connectivity index (χ3v) is 7.29. The van der Waals surface area contributed by atoms with E-state index in [0.717, 1.165) is 23.6 Å². The van der Waals surface area contributed by atoms with Gasteiger partial charge >= 0.3 is 5.97 Å². The van der Waals surface area contributed by atoms with Crippen molar-refractivity contribution in [3.05, 3.63) is 94.6 Å². The third-order valence-electron chi connectivity index (χ3n) is 7.29. The summed E-state index contributed by atoms with van der Waals surface area (Å²) in [5.74, 6) is -0.0706. The zero-order valence-corrected chi connectivity index (χ0v) is 23.4. The highest BCUT2D eigenvalue weighted by molar-refractivity contribution is 6.02. The summed E-state index contributed by atoms with van der Waals surface area (Å²) < 4.78 is 12.0. The van der Waals surface area contributed by atoms with Gasteiger partial charge in [-0.15, -0.1) is 0 Å². The molecule has 0 aliphatic carbocycles. The van der Waals surface area contributed by atoms with Gasteiger partial charge in [0.05, 0.1) is 17.3 Å². The van der Waals surface area contributed by atoms with Crippen molar-refractivity contribution in [3.8, 4) is 0 Å². The molecule has 0 spiro atoms. The average molecular weight is 542 g/mol. The SMILES string of the molecule is Cc1c(C(=O)O)ccc2cc(C(=O)N3C[C@@H](OC(C)(C)C)C[C@H]3c3nc(CCCc4ccccc4)no3)ccc12. The number of carboxylic acids is 1. The molecule has 40 heavy (non-hydrogen) atoms. The molecule has 1 fully saturated rings. The molecule has 1 aromatic heterocycles. The highest BCUT2D eigenvalue weighted by Crippen LogP contribution is 2.36. The van der Waals surface area contributed by atoms with Gasteiger partial charge in [0.25, 0.3) is 5.91 Å². The molecule has 1 aliphatic heterocycles. The Morgan fingerprint density at radius 3 is 2.58 bits per heavy atom. The number of carboxylic acid groups (broad SMARTS) is 1. The van der Waals surface area contributed by atoms with E-state index in [2.05, 4.69) is 22.3 Å². The minimum Gasteiger partial charge on any atom is -0.478 e. The second-order valence-corrected chi connectivity index (χ2v) is 11.4. The Labute approximate surface area is 234 Å². The number of amides is 1. The molecule has 4 aromatic rings. The summed E-state index contributed by atoms with van der Waals surface area (Å²) in [5.41, 5.74) is 2.34. The fourth-order valence-electron chi connectivity index (χ4n) is 5.46. The lowest BCUT2D eigenvalue weighted by molar-refractivity contribution is -0.0535. The lowest BCUT2D eigenvalue weighted by atomic mass is 9.98. The van der Waals surface area contributed by atoms with Gasteiger partial charge in [-0.2, -0.15) is 4.98 Å². The van der Waals surface area contributed by atoms with E-state index < -0.39 is 12.0 Å². The first-order valence-corrected chi connectivity index (χ1v) is 13.7. The fraction of sp³-hybridized carbons (Fsp3) is 0.375. The molecule has 0 bridgehead atoms. The predicted molar refractivity (Wildman–Crippen MR) is 151 cm³/mol. The van der Waals surface area contributed by atoms with Crippen LogP contribution in [0.4, 0.5) is 0 Å². The Balaban J connectivity index is 1.37. The number of benzene rings is 3. The second kappa shape index (κ2) is 11.2. The van der Waals surface area contributed by atoms with Crippen LogP contribution in [0.2, 0.25) is 0 Å². The van der Waals surface area contributed by atoms with Crippen molar-refractivity contribution in [2.24, 2.45) is 0 Å². The second-order valence-electron chi connectivity index (χ2n) is 11.4. The van der Waals surface area contributed by atoms with Gasteiger partial charge in [0.15, 0.2) is 5.82 Å². The third kappa shape index (κ3) is 6.07. The van der Waals surface area contributed by atoms with E-state index in [-0.39, 0.29) is 23.2 Å². The number of carbonyl (C=O) groups excluding carboxylic acids is 1. The van der Waals surface area contributed by atoms with Crippen molar-refractivity contribution in [3.63, 3.8) is 0 Å². The molecule has 0 saturated carbocycles. The van der Waals surface area contributed by atoms with Crippen LogP contribution in [0, 0.1) is 6.92 Å². The Hall–Kier alpha value is -4.04. The molecule has 1 amide bonds. The number of fused-ring (bicyclic) bond motifs is 1. The normalized spacial score (nSPS) is 17.4. The van der Waals surface area contributed by atoms with Crippen LogP contribution >= 0.6 is 0 Å². The number of aromatic nitrogens is 2. The predicted octanol–water partition coefficient (Wildman–Crippen LogP) is 6.18. The Morgan fingerprint density at radius 2 is 1.85 bits per heavy atom. The summed E-state index contributed by atoms with van der Waals surface area (Å²) in [5, 5.41) is 15.3. The van der Waals surface area contributed by atoms with E-state index in [1.807, 2.05) is 51.1 Å². The number of hydrogen-bond donors (Lipinski definition) is 1. The lowest BCUT2D eigenvalue weighted by Gasteiger charge is -2.25. The molecule has 0 unspecified atom stereocenters. The van der Waals surface area contributed by atoms with E-state index in [4.69, 9.17) is 9.26 Å². The van der Waals surface area contributed by atoms with Crippen LogP contribution in [0.3, 0.4) is 0 Å². The first-order valence-electron chi connectivity index (χ1n) is 13.7. The van der Waals surface area contributed by atoms with Crippen LogP contribution in [-0.4, -0.2) is 50.3 Å². The summed E-state index contributed by atoms with van der Waals surface area (Å²) in [7, 11) is 0. The van der Waals surface area contributed by atoms with Crippen LogP contribution in [0.15, 0.2) is 65.2 Å². The maximum Gasteiger partial charge on any atom is 0.335 e. The first kappa shape index (κ1) is 27.5. The number of ether oxygens (including phenoxy) is 1. The Kier molecular flexibility index (Phi) is 7.72. The van der Waals surface area contributed by atoms with Crippen molar-refractivity contribution in [1.82, 2.24) is 15.0 Å². The van der Waals surface area contributed by atoms with Crippen molar-refractivity contribution in [2.75, 3.05) is 6.54 Å². The first-order chi connectivity index (χ1) is 19.1. The molecule has 1 aliphatic rings. The Bertz CT molecular complexity index is 1520. The van der Waals surface area contributed by atoms with E-state index in [9.17, 15) is 14.7 Å². The summed E-state index contributed by atoms with van der Waals surface area (Å²) >= 11 is 0. The van der Waals surface area contributed by atoms with E-state index in [1.54, 1.807) is 30.0 Å². The smallest absolute Gasteiger partial charge is 0.335 e. The van der Waals surface area contributed by atoms with Crippen LogP contribution in [0.25, 0.3) is 10.8 Å². The zero-order chi connectivity index (χ0) is 28.4. The van der Waals surface area contributed by atoms with Crippen molar-refractivity contribution in [2.45, 2.75) is 71.1 Å². The lowest BCUT2D eigenvalue weighted by Crippen LogP contribution is -2.34. The van der Waals surface area contributed by atoms with Gasteiger partial charge in [0, 0.05) is 24.9 Å². The van der Waals surface area contributed by atoms with E-state index in [1.165, 1.54) is 5.56 Å². The minimum absolute atomic E-state index is 0.157. The van der Waals surface area contributed by atoms with Crippen molar-refractivity contribution in [1.29, 1.82) is 0 Å². The van der Waals surface area contributed by atoms with E-state index in [0.29, 0.717) is 42.2 Å². The molecule has 2 heterocycles. The summed E-state index contributed by atoms with van der Waals surface area (Å²) in [6.45, 7) is 8.19. The van der Waals surface area contributed by atoms with Crippen LogP contribution in [0.1, 0.15) is 83.2 Å². The molecule has 208 valence electrons. The maximum atomic E-state index is 13.9. The van der Waals surface area contributed by atoms with Gasteiger partial charge in [-0.3, -0.25) is 4.79 Å². The molecular weight excluding hydrogens is 506 g/mol. The highest BCUT2D eigenvalue weighted by Gasteiger charge is 2.41. The maximum absolute atomic E-state index is 13.9. The van der Waals surface area contributed by atoms with Gasteiger partial charge in [-0.1, -0.05) is 47.6 Å². The largest absolute Gasteiger partial charge is 0.478 e. The Morgan fingerprint density at radius 1 is 1.07 bits per heavy atom. The molecule has 8 nitrogen and oxygen atoms in total. The molecule has 0 radical (unpaired) electrons. The number of carbonyl (C=O) groups is 2. The van der Waals surface area contributed by atoms with Gasteiger partial charge in [-0.05, 0) is 80.6 Å². The van der Waals surface area contributed by atoms with Gasteiger partial charge in [-0.25, -0.2) is 4.79 Å². The fourth-order valence-corrected chi connectivity index (χ4v) is 5.46. The van der Waals surface area contributed by atoms with Crippen LogP contribution < -0.4 is 0 Å². The van der Waals surface area contributed by atoms with E-state index >= 15 is 0 Å². The van der Waals surface area contributed by atoms with Gasteiger partial charge < -0.3 is 19.3 Å². The molecule has 2 atom stereocenters. The summed E-state index contributed by atoms with van der Waals surface area (Å²) in [6, 6.07) is 18.6. The topological polar surface area (TPSA) is 106 Å². The number of nitrogens with zero attached hydrogens (tertiary/aromatic N) is 3. The standard InChI is InChI=1S/C32H35N3O5/c1-20-25-15-14-23(17-22(25)13-16-26(20)31(37)38)30(36)35-19-24(39-32(2,3)4)18-27(35)29-33-28(34-40-29)12-8-11-21-9-6-5-7-10-21/h5-7,9-10,13-17,24,27H,8,11-12,18-19H2,1-4H3,(H,37,38)/t24-,27-/m0/s1. The van der Waals surface area contributed by atoms with Crippen LogP contribution in [-0.2, 0) is 17.6 Å². The number of aryl methyl sites for hydroxylation is 3. The zero-order valence-electron chi connectivity index (χ0n) is 23.4. The number of likely N-dealkylation sites (tertiary alicyclic amines) is 1. The molecule has 1 N–H and O–H groups in total. The molecule has 1 saturated heterocycles. The average Bonchev–Trinajstić information content (AvgIpc) is 3.55. The number of hydrogen-bond acceptors (Lipinski definition) is 6. The van der Waals surface area contributed by atoms with Gasteiger partial charge in [0.2, 0.25) is 5.89 Å². The molecular formula is C32H35N3O5. The minimum atomic E-state index is -0.969. The van der Waals surface area contributed by atoms with Crippen molar-refractivity contribution < 1.29 is 24.0 Å². The molecule has 8 heteroatoms. The molecule has 3 aromatic carbocycles. The number of rotatable bonds is 8.